The lowest BCUT2D eigenvalue weighted by atomic mass is 10.3. The van der Waals surface area contributed by atoms with Crippen LogP contribution in [0.3, 0.4) is 0 Å². The molecule has 0 aliphatic rings. The van der Waals surface area contributed by atoms with E-state index in [4.69, 9.17) is 5.73 Å². The van der Waals surface area contributed by atoms with Crippen LogP contribution in [0.4, 0.5) is 0 Å². The highest BCUT2D eigenvalue weighted by atomic mass is 16.2. The van der Waals surface area contributed by atoms with Crippen molar-refractivity contribution in [3.8, 4) is 0 Å². The third-order valence-electron chi connectivity index (χ3n) is 3.12. The number of nitrogens with two attached hydrogens (primary N) is 1. The van der Waals surface area contributed by atoms with Gasteiger partial charge in [0, 0.05) is 20.6 Å². The first kappa shape index (κ1) is 12.6. The molecule has 0 aliphatic heterocycles. The smallest absolute Gasteiger partial charge is 0.324 e. The summed E-state index contributed by atoms with van der Waals surface area (Å²) < 4.78 is 4.23. The maximum Gasteiger partial charge on any atom is 0.332 e. The normalized spacial score (nSPS) is 13.2. The lowest BCUT2D eigenvalue weighted by molar-refractivity contribution is 0.650. The average Bonchev–Trinajstić information content (AvgIpc) is 2.65. The highest BCUT2D eigenvalue weighted by Gasteiger charge is 2.19. The molecular weight excluding hydrogens is 234 g/mol. The predicted octanol–water partition coefficient (Wildman–Crippen LogP) is -0.527. The first-order valence-corrected chi connectivity index (χ1v) is 5.81. The lowest BCUT2D eigenvalue weighted by Gasteiger charge is -2.06. The Morgan fingerprint density at radius 3 is 2.39 bits per heavy atom. The number of aryl methyl sites for hydroxylation is 2. The maximum atomic E-state index is 12.1. The van der Waals surface area contributed by atoms with Crippen LogP contribution in [0, 0.1) is 0 Å². The van der Waals surface area contributed by atoms with Gasteiger partial charge in [0.15, 0.2) is 11.2 Å². The van der Waals surface area contributed by atoms with Gasteiger partial charge in [-0.3, -0.25) is 13.9 Å². The van der Waals surface area contributed by atoms with Crippen molar-refractivity contribution in [2.24, 2.45) is 19.8 Å². The standard InChI is InChI=1S/C11H17N5O2/c1-5-16-9-7(10(17)15(4)11(16)18)14(3)8(13-9)6(2)12/h6H,5,12H2,1-4H3. The molecule has 0 fully saturated rings. The Hall–Kier alpha value is -1.89. The van der Waals surface area contributed by atoms with Gasteiger partial charge in [-0.15, -0.1) is 0 Å². The summed E-state index contributed by atoms with van der Waals surface area (Å²) in [6, 6.07) is -0.299. The van der Waals surface area contributed by atoms with Crippen LogP contribution in [-0.2, 0) is 20.6 Å². The SMILES string of the molecule is CCn1c(=O)n(C)c(=O)c2c1nc(C(C)N)n2C. The van der Waals surface area contributed by atoms with Crippen molar-refractivity contribution >= 4 is 11.2 Å². The van der Waals surface area contributed by atoms with Crippen molar-refractivity contribution in [3.63, 3.8) is 0 Å². The van der Waals surface area contributed by atoms with E-state index in [1.807, 2.05) is 6.92 Å². The number of hydrogen-bond donors (Lipinski definition) is 1. The number of hydrogen-bond acceptors (Lipinski definition) is 4. The van der Waals surface area contributed by atoms with E-state index >= 15 is 0 Å². The van der Waals surface area contributed by atoms with Crippen molar-refractivity contribution in [2.45, 2.75) is 26.4 Å². The summed E-state index contributed by atoms with van der Waals surface area (Å²) in [5.41, 5.74) is 5.93. The Kier molecular flexibility index (Phi) is 2.86. The zero-order valence-corrected chi connectivity index (χ0v) is 11.0. The van der Waals surface area contributed by atoms with Gasteiger partial charge in [-0.25, -0.2) is 9.78 Å². The third kappa shape index (κ3) is 1.51. The van der Waals surface area contributed by atoms with Gasteiger partial charge in [0.2, 0.25) is 0 Å². The van der Waals surface area contributed by atoms with E-state index in [-0.39, 0.29) is 17.3 Å². The summed E-state index contributed by atoms with van der Waals surface area (Å²) in [5, 5.41) is 0. The molecule has 2 rings (SSSR count). The highest BCUT2D eigenvalue weighted by molar-refractivity contribution is 5.71. The molecule has 0 spiro atoms. The molecule has 7 heteroatoms. The van der Waals surface area contributed by atoms with Gasteiger partial charge in [0.1, 0.15) is 5.82 Å². The molecule has 0 radical (unpaired) electrons. The van der Waals surface area contributed by atoms with Crippen molar-refractivity contribution in [1.82, 2.24) is 18.7 Å². The zero-order chi connectivity index (χ0) is 13.6. The first-order valence-electron chi connectivity index (χ1n) is 5.81. The Bertz CT molecular complexity index is 720. The van der Waals surface area contributed by atoms with E-state index < -0.39 is 0 Å². The minimum Gasteiger partial charge on any atom is -0.324 e. The minimum atomic E-state index is -0.357. The Labute approximate surface area is 103 Å². The van der Waals surface area contributed by atoms with Crippen LogP contribution in [0.1, 0.15) is 25.7 Å². The second-order valence-electron chi connectivity index (χ2n) is 4.38. The Morgan fingerprint density at radius 2 is 1.89 bits per heavy atom. The van der Waals surface area contributed by atoms with Gasteiger partial charge < -0.3 is 10.3 Å². The molecule has 2 aromatic heterocycles. The lowest BCUT2D eigenvalue weighted by Crippen LogP contribution is -2.38. The van der Waals surface area contributed by atoms with Crippen LogP contribution in [-0.4, -0.2) is 18.7 Å². The molecule has 1 atom stereocenters. The molecule has 2 aromatic rings. The fourth-order valence-electron chi connectivity index (χ4n) is 2.14. The number of aromatic nitrogens is 4. The quantitative estimate of drug-likeness (QED) is 0.777. The maximum absolute atomic E-state index is 12.1. The molecule has 7 nitrogen and oxygen atoms in total. The average molecular weight is 251 g/mol. The molecule has 0 amide bonds. The van der Waals surface area contributed by atoms with Crippen LogP contribution in [0.25, 0.3) is 11.2 Å². The summed E-state index contributed by atoms with van der Waals surface area (Å²) in [6.07, 6.45) is 0. The Balaban J connectivity index is 3.07. The molecule has 0 saturated heterocycles. The summed E-state index contributed by atoms with van der Waals surface area (Å²) >= 11 is 0. The van der Waals surface area contributed by atoms with E-state index in [0.29, 0.717) is 23.5 Å². The van der Waals surface area contributed by atoms with Gasteiger partial charge in [-0.05, 0) is 13.8 Å². The topological polar surface area (TPSA) is 87.8 Å². The molecular formula is C11H17N5O2. The second-order valence-corrected chi connectivity index (χ2v) is 4.38. The van der Waals surface area contributed by atoms with E-state index in [9.17, 15) is 9.59 Å². The molecule has 0 aromatic carbocycles. The molecule has 98 valence electrons. The van der Waals surface area contributed by atoms with Crippen molar-refractivity contribution in [2.75, 3.05) is 0 Å². The van der Waals surface area contributed by atoms with Gasteiger partial charge in [0.25, 0.3) is 5.56 Å². The van der Waals surface area contributed by atoms with Crippen molar-refractivity contribution in [1.29, 1.82) is 0 Å². The first-order chi connectivity index (χ1) is 8.40. The highest BCUT2D eigenvalue weighted by Crippen LogP contribution is 2.14. The largest absolute Gasteiger partial charge is 0.332 e. The molecule has 1 unspecified atom stereocenters. The fraction of sp³-hybridized carbons (Fsp3) is 0.545. The van der Waals surface area contributed by atoms with Crippen molar-refractivity contribution in [3.05, 3.63) is 26.7 Å². The van der Waals surface area contributed by atoms with E-state index in [1.54, 1.807) is 18.5 Å². The van der Waals surface area contributed by atoms with Crippen LogP contribution in [0.5, 0.6) is 0 Å². The Morgan fingerprint density at radius 1 is 1.28 bits per heavy atom. The molecule has 2 N–H and O–H groups in total. The molecule has 2 heterocycles. The van der Waals surface area contributed by atoms with E-state index in [0.717, 1.165) is 4.57 Å². The van der Waals surface area contributed by atoms with Crippen LogP contribution in [0.15, 0.2) is 9.59 Å². The third-order valence-corrected chi connectivity index (χ3v) is 3.12. The number of nitrogens with zero attached hydrogens (tertiary/aromatic N) is 4. The predicted molar refractivity (Wildman–Crippen MR) is 68.5 cm³/mol. The zero-order valence-electron chi connectivity index (χ0n) is 11.0. The van der Waals surface area contributed by atoms with Crippen LogP contribution in [0.2, 0.25) is 0 Å². The summed E-state index contributed by atoms with van der Waals surface area (Å²) in [7, 11) is 3.20. The summed E-state index contributed by atoms with van der Waals surface area (Å²) in [4.78, 5) is 28.4. The molecule has 18 heavy (non-hydrogen) atoms. The van der Waals surface area contributed by atoms with Crippen molar-refractivity contribution < 1.29 is 0 Å². The molecule has 0 saturated carbocycles. The number of imidazole rings is 1. The summed E-state index contributed by atoms with van der Waals surface area (Å²) in [5.74, 6) is 0.593. The van der Waals surface area contributed by atoms with E-state index in [1.165, 1.54) is 11.6 Å². The van der Waals surface area contributed by atoms with Gasteiger partial charge in [-0.2, -0.15) is 0 Å². The minimum absolute atomic E-state index is 0.299. The number of fused-ring (bicyclic) bond motifs is 1. The van der Waals surface area contributed by atoms with Crippen LogP contribution >= 0.6 is 0 Å². The second kappa shape index (κ2) is 4.09. The molecule has 0 aliphatic carbocycles. The van der Waals surface area contributed by atoms with Gasteiger partial charge >= 0.3 is 5.69 Å². The molecule has 0 bridgehead atoms. The van der Waals surface area contributed by atoms with E-state index in [2.05, 4.69) is 4.98 Å². The van der Waals surface area contributed by atoms with Gasteiger partial charge in [0.05, 0.1) is 6.04 Å². The van der Waals surface area contributed by atoms with Gasteiger partial charge in [-0.1, -0.05) is 0 Å². The fourth-order valence-corrected chi connectivity index (χ4v) is 2.14. The number of rotatable bonds is 2. The monoisotopic (exact) mass is 251 g/mol. The summed E-state index contributed by atoms with van der Waals surface area (Å²) in [6.45, 7) is 4.09. The van der Waals surface area contributed by atoms with Crippen LogP contribution < -0.4 is 17.0 Å².